The zero-order valence-corrected chi connectivity index (χ0v) is 14.1. The smallest absolute Gasteiger partial charge is 0.253 e. The lowest BCUT2D eigenvalue weighted by Gasteiger charge is -2.14. The number of aromatic nitrogens is 3. The van der Waals surface area contributed by atoms with E-state index in [0.29, 0.717) is 33.7 Å². The van der Waals surface area contributed by atoms with E-state index in [2.05, 4.69) is 20.3 Å². The van der Waals surface area contributed by atoms with Gasteiger partial charge in [-0.1, -0.05) is 11.6 Å². The molecule has 3 aromatic rings. The average Bonchev–Trinajstić information content (AvgIpc) is 2.56. The van der Waals surface area contributed by atoms with Crippen LogP contribution >= 0.6 is 11.6 Å². The molecule has 2 N–H and O–H groups in total. The summed E-state index contributed by atoms with van der Waals surface area (Å²) in [4.78, 5) is 23.2. The summed E-state index contributed by atoms with van der Waals surface area (Å²) in [5.74, 6) is -0.286. The van der Waals surface area contributed by atoms with Crippen molar-refractivity contribution in [3.8, 4) is 6.07 Å². The number of aryl methyl sites for hydroxylation is 1. The molecule has 126 valence electrons. The van der Waals surface area contributed by atoms with Gasteiger partial charge in [0.25, 0.3) is 5.56 Å². The van der Waals surface area contributed by atoms with Crippen molar-refractivity contribution in [1.29, 1.82) is 5.26 Å². The van der Waals surface area contributed by atoms with Crippen molar-refractivity contribution in [3.05, 3.63) is 62.4 Å². The van der Waals surface area contributed by atoms with Crippen LogP contribution in [0.1, 0.15) is 29.8 Å². The molecule has 0 saturated heterocycles. The van der Waals surface area contributed by atoms with Gasteiger partial charge in [0.1, 0.15) is 11.9 Å². The molecule has 25 heavy (non-hydrogen) atoms. The maximum absolute atomic E-state index is 13.5. The molecule has 1 aromatic carbocycles. The van der Waals surface area contributed by atoms with Gasteiger partial charge in [0.2, 0.25) is 5.95 Å². The number of nitrogens with zero attached hydrogens (tertiary/aromatic N) is 3. The first-order valence-corrected chi connectivity index (χ1v) is 7.79. The highest BCUT2D eigenvalue weighted by Gasteiger charge is 2.14. The van der Waals surface area contributed by atoms with E-state index in [4.69, 9.17) is 16.9 Å². The number of hydrogen-bond acceptors (Lipinski definition) is 5. The first-order chi connectivity index (χ1) is 11.9. The largest absolute Gasteiger partial charge is 0.347 e. The van der Waals surface area contributed by atoms with Crippen LogP contribution < -0.4 is 10.9 Å². The van der Waals surface area contributed by atoms with Crippen molar-refractivity contribution in [2.24, 2.45) is 0 Å². The molecule has 6 nitrogen and oxygen atoms in total. The Bertz CT molecular complexity index is 1070. The van der Waals surface area contributed by atoms with Gasteiger partial charge in [0, 0.05) is 10.9 Å². The van der Waals surface area contributed by atoms with Crippen molar-refractivity contribution in [3.63, 3.8) is 0 Å². The first kappa shape index (κ1) is 16.9. The Morgan fingerprint density at radius 2 is 2.16 bits per heavy atom. The van der Waals surface area contributed by atoms with Gasteiger partial charge < -0.3 is 10.3 Å². The molecule has 0 aliphatic rings. The third kappa shape index (κ3) is 3.30. The van der Waals surface area contributed by atoms with Gasteiger partial charge in [0.05, 0.1) is 34.0 Å². The van der Waals surface area contributed by atoms with Crippen LogP contribution in [0.25, 0.3) is 10.9 Å². The van der Waals surface area contributed by atoms with Gasteiger partial charge in [-0.25, -0.2) is 14.4 Å². The van der Waals surface area contributed by atoms with Crippen molar-refractivity contribution in [2.75, 3.05) is 5.32 Å². The molecule has 8 heteroatoms. The summed E-state index contributed by atoms with van der Waals surface area (Å²) in [6.45, 7) is 3.48. The number of benzene rings is 1. The number of aromatic amines is 1. The summed E-state index contributed by atoms with van der Waals surface area (Å²) in [7, 11) is 0. The number of anilines is 1. The predicted molar refractivity (Wildman–Crippen MR) is 93.1 cm³/mol. The minimum atomic E-state index is -0.592. The van der Waals surface area contributed by atoms with Crippen LogP contribution in [0.5, 0.6) is 0 Å². The lowest BCUT2D eigenvalue weighted by atomic mass is 10.1. The number of nitriles is 1. The van der Waals surface area contributed by atoms with Gasteiger partial charge in [-0.05, 0) is 32.0 Å². The second kappa shape index (κ2) is 6.49. The molecule has 2 heterocycles. The Hall–Kier alpha value is -2.98. The van der Waals surface area contributed by atoms with Crippen LogP contribution in [0.2, 0.25) is 5.02 Å². The van der Waals surface area contributed by atoms with Gasteiger partial charge >= 0.3 is 0 Å². The number of fused-ring (bicyclic) bond motifs is 1. The Kier molecular flexibility index (Phi) is 4.38. The van der Waals surface area contributed by atoms with Crippen LogP contribution in [-0.4, -0.2) is 15.0 Å². The molecule has 0 radical (unpaired) electrons. The van der Waals surface area contributed by atoms with Crippen molar-refractivity contribution < 1.29 is 4.39 Å². The Morgan fingerprint density at radius 3 is 2.84 bits per heavy atom. The highest BCUT2D eigenvalue weighted by atomic mass is 35.5. The van der Waals surface area contributed by atoms with Gasteiger partial charge in [-0.3, -0.25) is 4.79 Å². The molecule has 0 saturated carbocycles. The summed E-state index contributed by atoms with van der Waals surface area (Å²) in [5.41, 5.74) is 1.38. The predicted octanol–water partition coefficient (Wildman–Crippen LogP) is 3.46. The van der Waals surface area contributed by atoms with Gasteiger partial charge in [-0.2, -0.15) is 5.26 Å². The van der Waals surface area contributed by atoms with Crippen molar-refractivity contribution in [2.45, 2.75) is 19.9 Å². The van der Waals surface area contributed by atoms with Crippen LogP contribution in [0.15, 0.2) is 29.2 Å². The van der Waals surface area contributed by atoms with Crippen LogP contribution in [0.3, 0.4) is 0 Å². The second-order valence-electron chi connectivity index (χ2n) is 5.58. The lowest BCUT2D eigenvalue weighted by molar-refractivity contribution is 0.629. The Labute approximate surface area is 147 Å². The lowest BCUT2D eigenvalue weighted by Crippen LogP contribution is -2.20. The normalized spacial score (nSPS) is 12.0. The molecule has 0 fully saturated rings. The minimum absolute atomic E-state index is 0.0165. The number of hydrogen-bond donors (Lipinski definition) is 2. The van der Waals surface area contributed by atoms with Crippen LogP contribution in [0.4, 0.5) is 10.3 Å². The van der Waals surface area contributed by atoms with E-state index in [1.54, 1.807) is 19.9 Å². The summed E-state index contributed by atoms with van der Waals surface area (Å²) < 4.78 is 13.5. The maximum atomic E-state index is 13.5. The fourth-order valence-corrected chi connectivity index (χ4v) is 2.63. The molecular weight excluding hydrogens is 345 g/mol. The standard InChI is InChI=1S/C17H13ClFN5O/c1-8-11(6-20)7-21-17(22-8)23-9(2)12-3-10-4-13(18)14(19)5-15(10)24-16(12)25/h3-5,7,9H,1-2H3,(H,24,25)(H,21,22,23)/t9-/m0/s1. The minimum Gasteiger partial charge on any atom is -0.347 e. The zero-order valence-electron chi connectivity index (χ0n) is 13.4. The van der Waals surface area contributed by atoms with E-state index in [-0.39, 0.29) is 10.6 Å². The number of halogens is 2. The van der Waals surface area contributed by atoms with E-state index in [1.165, 1.54) is 18.3 Å². The van der Waals surface area contributed by atoms with Crippen molar-refractivity contribution >= 4 is 28.5 Å². The zero-order chi connectivity index (χ0) is 18.1. The van der Waals surface area contributed by atoms with Gasteiger partial charge in [0.15, 0.2) is 0 Å². The van der Waals surface area contributed by atoms with Gasteiger partial charge in [-0.15, -0.1) is 0 Å². The molecule has 0 bridgehead atoms. The second-order valence-corrected chi connectivity index (χ2v) is 5.99. The molecule has 3 rings (SSSR count). The number of nitrogens with one attached hydrogen (secondary N) is 2. The number of H-pyrrole nitrogens is 1. The molecule has 1 atom stereocenters. The van der Waals surface area contributed by atoms with E-state index < -0.39 is 11.9 Å². The summed E-state index contributed by atoms with van der Waals surface area (Å²) in [6.07, 6.45) is 1.42. The fourth-order valence-electron chi connectivity index (χ4n) is 2.46. The highest BCUT2D eigenvalue weighted by Crippen LogP contribution is 2.23. The number of rotatable bonds is 3. The van der Waals surface area contributed by atoms with Crippen LogP contribution in [-0.2, 0) is 0 Å². The summed E-state index contributed by atoms with van der Waals surface area (Å²) in [5, 5.41) is 12.5. The number of pyridine rings is 1. The van der Waals surface area contributed by atoms with E-state index in [9.17, 15) is 9.18 Å². The third-order valence-corrected chi connectivity index (χ3v) is 4.12. The molecule has 0 aliphatic heterocycles. The average molecular weight is 358 g/mol. The Morgan fingerprint density at radius 1 is 1.40 bits per heavy atom. The summed E-state index contributed by atoms with van der Waals surface area (Å²) in [6, 6.07) is 5.88. The van der Waals surface area contributed by atoms with Crippen LogP contribution in [0, 0.1) is 24.1 Å². The third-order valence-electron chi connectivity index (χ3n) is 3.83. The highest BCUT2D eigenvalue weighted by molar-refractivity contribution is 6.31. The SMILES string of the molecule is Cc1nc(N[C@@H](C)c2cc3cc(Cl)c(F)cc3[nH]c2=O)ncc1C#N. The molecule has 0 unspecified atom stereocenters. The monoisotopic (exact) mass is 357 g/mol. The molecular formula is C17H13ClFN5O. The van der Waals surface area contributed by atoms with Crippen molar-refractivity contribution in [1.82, 2.24) is 15.0 Å². The molecule has 0 aliphatic carbocycles. The first-order valence-electron chi connectivity index (χ1n) is 7.41. The maximum Gasteiger partial charge on any atom is 0.253 e. The summed E-state index contributed by atoms with van der Waals surface area (Å²) >= 11 is 5.81. The Balaban J connectivity index is 1.96. The molecule has 0 spiro atoms. The quantitative estimate of drug-likeness (QED) is 0.748. The molecule has 0 amide bonds. The van der Waals surface area contributed by atoms with E-state index >= 15 is 0 Å². The van der Waals surface area contributed by atoms with E-state index in [0.717, 1.165) is 0 Å². The molecule has 2 aromatic heterocycles. The topological polar surface area (TPSA) is 94.5 Å². The fraction of sp³-hybridized carbons (Fsp3) is 0.176. The van der Waals surface area contributed by atoms with E-state index in [1.807, 2.05) is 6.07 Å².